The zero-order valence-corrected chi connectivity index (χ0v) is 35.5. The molecule has 0 N–H and O–H groups in total. The van der Waals surface area contributed by atoms with Gasteiger partial charge in [0.2, 0.25) is 0 Å². The average Bonchev–Trinajstić information content (AvgIpc) is 3.61. The number of thiophene rings is 1. The zero-order valence-electron chi connectivity index (χ0n) is 34.7. The van der Waals surface area contributed by atoms with Crippen molar-refractivity contribution in [3.8, 4) is 22.3 Å². The van der Waals surface area contributed by atoms with Crippen molar-refractivity contribution in [3.05, 3.63) is 191 Å². The predicted octanol–water partition coefficient (Wildman–Crippen LogP) is 17.1. The third kappa shape index (κ3) is 8.49. The number of rotatable bonds is 3. The number of aryl methyl sites for hydroxylation is 4. The number of hydrogen-bond donors (Lipinski definition) is 0. The van der Waals surface area contributed by atoms with E-state index < -0.39 is 0 Å². The SMILES string of the molecule is CC(C)c1ccccc1.CCC.Cc1ccc2ccccc2c1-c1c(C)c(-c2ccc3c(sc4ccccc43)c2C)c(C)c2ccccc12.Cc1ccccc1. The highest BCUT2D eigenvalue weighted by Gasteiger charge is 2.21. The Kier molecular flexibility index (Phi) is 13.2. The maximum atomic E-state index is 2.36. The molecule has 0 spiro atoms. The van der Waals surface area contributed by atoms with Crippen molar-refractivity contribution in [2.75, 3.05) is 0 Å². The molecule has 0 bridgehead atoms. The molecule has 1 heterocycles. The summed E-state index contributed by atoms with van der Waals surface area (Å²) in [6, 6.07) is 56.6. The summed E-state index contributed by atoms with van der Waals surface area (Å²) in [4.78, 5) is 0. The van der Waals surface area contributed by atoms with Gasteiger partial charge in [0.05, 0.1) is 0 Å². The van der Waals surface area contributed by atoms with Crippen LogP contribution in [-0.4, -0.2) is 0 Å². The van der Waals surface area contributed by atoms with Crippen LogP contribution in [0.2, 0.25) is 0 Å². The van der Waals surface area contributed by atoms with E-state index in [-0.39, 0.29) is 0 Å². The number of benzene rings is 8. The Bertz CT molecular complexity index is 2690. The molecule has 0 aliphatic rings. The summed E-state index contributed by atoms with van der Waals surface area (Å²) >= 11 is 1.92. The Labute approximate surface area is 339 Å². The van der Waals surface area contributed by atoms with Crippen LogP contribution in [0, 0.1) is 34.6 Å². The molecular formula is C55H56S. The summed E-state index contributed by atoms with van der Waals surface area (Å²) in [5, 5.41) is 8.00. The van der Waals surface area contributed by atoms with Crippen LogP contribution in [0.1, 0.15) is 73.4 Å². The third-order valence-corrected chi connectivity index (χ3v) is 11.9. The van der Waals surface area contributed by atoms with Crippen molar-refractivity contribution in [2.45, 2.75) is 74.7 Å². The maximum Gasteiger partial charge on any atom is 0.0390 e. The van der Waals surface area contributed by atoms with Crippen LogP contribution in [-0.2, 0) is 0 Å². The molecule has 0 aliphatic carbocycles. The molecule has 1 heteroatoms. The maximum absolute atomic E-state index is 2.36. The zero-order chi connectivity index (χ0) is 39.8. The molecule has 0 fully saturated rings. The topological polar surface area (TPSA) is 0 Å². The number of hydrogen-bond acceptors (Lipinski definition) is 1. The third-order valence-electron chi connectivity index (χ3n) is 10.6. The van der Waals surface area contributed by atoms with E-state index in [1.807, 2.05) is 35.6 Å². The van der Waals surface area contributed by atoms with Gasteiger partial charge in [-0.15, -0.1) is 11.3 Å². The smallest absolute Gasteiger partial charge is 0.0390 e. The normalized spacial score (nSPS) is 10.8. The van der Waals surface area contributed by atoms with Crippen molar-refractivity contribution in [2.24, 2.45) is 0 Å². The van der Waals surface area contributed by atoms with Gasteiger partial charge in [0.1, 0.15) is 0 Å². The predicted molar refractivity (Wildman–Crippen MR) is 252 cm³/mol. The first-order chi connectivity index (χ1) is 27.2. The fourth-order valence-electron chi connectivity index (χ4n) is 7.78. The van der Waals surface area contributed by atoms with Crippen LogP contribution in [0.3, 0.4) is 0 Å². The first-order valence-corrected chi connectivity index (χ1v) is 21.0. The lowest BCUT2D eigenvalue weighted by Gasteiger charge is -2.23. The van der Waals surface area contributed by atoms with Gasteiger partial charge in [-0.05, 0) is 118 Å². The molecule has 1 aromatic heterocycles. The lowest BCUT2D eigenvalue weighted by Crippen LogP contribution is -1.99. The largest absolute Gasteiger partial charge is 0.135 e. The van der Waals surface area contributed by atoms with Gasteiger partial charge < -0.3 is 0 Å². The van der Waals surface area contributed by atoms with Crippen LogP contribution in [0.5, 0.6) is 0 Å². The van der Waals surface area contributed by atoms with E-state index in [0.717, 1.165) is 0 Å². The molecule has 8 aromatic carbocycles. The first-order valence-electron chi connectivity index (χ1n) is 20.1. The quantitative estimate of drug-likeness (QED) is 0.169. The highest BCUT2D eigenvalue weighted by atomic mass is 32.1. The molecule has 282 valence electrons. The molecule has 0 unspecified atom stereocenters. The second kappa shape index (κ2) is 18.4. The van der Waals surface area contributed by atoms with Gasteiger partial charge in [0.25, 0.3) is 0 Å². The molecule has 0 atom stereocenters. The van der Waals surface area contributed by atoms with Gasteiger partial charge in [-0.2, -0.15) is 0 Å². The van der Waals surface area contributed by atoms with Gasteiger partial charge in [-0.1, -0.05) is 191 Å². The average molecular weight is 749 g/mol. The summed E-state index contributed by atoms with van der Waals surface area (Å²) in [6.07, 6.45) is 1.25. The van der Waals surface area contributed by atoms with Crippen molar-refractivity contribution in [1.82, 2.24) is 0 Å². The van der Waals surface area contributed by atoms with Gasteiger partial charge in [0.15, 0.2) is 0 Å². The summed E-state index contributed by atoms with van der Waals surface area (Å²) in [5.41, 5.74) is 13.6. The fourth-order valence-corrected chi connectivity index (χ4v) is 8.98. The van der Waals surface area contributed by atoms with Crippen LogP contribution in [0.15, 0.2) is 158 Å². The minimum Gasteiger partial charge on any atom is -0.135 e. The Balaban J connectivity index is 0.000000230. The summed E-state index contributed by atoms with van der Waals surface area (Å²) in [5.74, 6) is 0.659. The molecular weight excluding hydrogens is 693 g/mol. The van der Waals surface area contributed by atoms with Crippen LogP contribution in [0.25, 0.3) is 64.0 Å². The molecule has 0 aliphatic heterocycles. The highest BCUT2D eigenvalue weighted by molar-refractivity contribution is 7.26. The lowest BCUT2D eigenvalue weighted by molar-refractivity contribution is 0.867. The van der Waals surface area contributed by atoms with Crippen molar-refractivity contribution < 1.29 is 0 Å². The Morgan fingerprint density at radius 1 is 0.429 bits per heavy atom. The Hall–Kier alpha value is -5.50. The summed E-state index contributed by atoms with van der Waals surface area (Å²) in [6.45, 7) is 19.9. The van der Waals surface area contributed by atoms with E-state index >= 15 is 0 Å². The van der Waals surface area contributed by atoms with Gasteiger partial charge in [-0.3, -0.25) is 0 Å². The number of fused-ring (bicyclic) bond motifs is 5. The fraction of sp³-hybridized carbons (Fsp3) is 0.200. The van der Waals surface area contributed by atoms with E-state index in [4.69, 9.17) is 0 Å². The standard InChI is InChI=1S/C36H28S.C9H12.C7H8.C3H8/c1-21-17-18-25-11-5-6-13-28(25)33(21)35-24(4)34(22(2)26-12-7-8-15-30(26)35)27-19-20-31-29-14-9-10-16-32(29)37-36(31)23(27)3;1-8(2)9-6-4-3-5-7-9;1-7-5-3-2-4-6-7;1-3-2/h5-20H,1-4H3;3-8H,1-2H3;2-6H,1H3;3H2,1-2H3. The van der Waals surface area contributed by atoms with Gasteiger partial charge in [0, 0.05) is 20.2 Å². The molecule has 0 saturated carbocycles. The molecule has 0 amide bonds. The monoisotopic (exact) mass is 748 g/mol. The molecule has 0 nitrogen and oxygen atoms in total. The van der Waals surface area contributed by atoms with E-state index in [2.05, 4.69) is 196 Å². The molecule has 0 saturated heterocycles. The molecule has 9 aromatic rings. The summed E-state index contributed by atoms with van der Waals surface area (Å²) in [7, 11) is 0. The van der Waals surface area contributed by atoms with E-state index in [0.29, 0.717) is 5.92 Å². The van der Waals surface area contributed by atoms with Crippen LogP contribution < -0.4 is 0 Å². The molecule has 56 heavy (non-hydrogen) atoms. The van der Waals surface area contributed by atoms with Gasteiger partial charge >= 0.3 is 0 Å². The van der Waals surface area contributed by atoms with Crippen molar-refractivity contribution in [3.63, 3.8) is 0 Å². The van der Waals surface area contributed by atoms with Crippen LogP contribution >= 0.6 is 11.3 Å². The van der Waals surface area contributed by atoms with E-state index in [9.17, 15) is 0 Å². The van der Waals surface area contributed by atoms with Gasteiger partial charge in [-0.25, -0.2) is 0 Å². The van der Waals surface area contributed by atoms with E-state index in [1.165, 1.54) is 104 Å². The summed E-state index contributed by atoms with van der Waals surface area (Å²) < 4.78 is 2.75. The minimum absolute atomic E-state index is 0.659. The lowest BCUT2D eigenvalue weighted by atomic mass is 9.81. The van der Waals surface area contributed by atoms with E-state index in [1.54, 1.807) is 0 Å². The molecule has 0 radical (unpaired) electrons. The molecule has 9 rings (SSSR count). The first kappa shape index (κ1) is 40.2. The Morgan fingerprint density at radius 2 is 0.982 bits per heavy atom. The Morgan fingerprint density at radius 3 is 1.59 bits per heavy atom. The second-order valence-electron chi connectivity index (χ2n) is 15.2. The van der Waals surface area contributed by atoms with Crippen molar-refractivity contribution in [1.29, 1.82) is 0 Å². The van der Waals surface area contributed by atoms with Crippen molar-refractivity contribution >= 4 is 53.1 Å². The highest BCUT2D eigenvalue weighted by Crippen LogP contribution is 2.47. The van der Waals surface area contributed by atoms with Crippen LogP contribution in [0.4, 0.5) is 0 Å². The second-order valence-corrected chi connectivity index (χ2v) is 16.2. The minimum atomic E-state index is 0.659.